The average Bonchev–Trinajstić information content (AvgIpc) is 2.40. The van der Waals surface area contributed by atoms with E-state index in [0.717, 1.165) is 5.56 Å². The van der Waals surface area contributed by atoms with E-state index in [1.54, 1.807) is 32.3 Å². The van der Waals surface area contributed by atoms with Gasteiger partial charge in [-0.3, -0.25) is 4.79 Å². The van der Waals surface area contributed by atoms with Gasteiger partial charge in [-0.1, -0.05) is 6.07 Å². The van der Waals surface area contributed by atoms with E-state index in [-0.39, 0.29) is 12.5 Å². The molecule has 1 aromatic rings. The number of ether oxygens (including phenoxy) is 2. The summed E-state index contributed by atoms with van der Waals surface area (Å²) in [6.07, 6.45) is 0.320. The highest BCUT2D eigenvalue weighted by Crippen LogP contribution is 2.28. The van der Waals surface area contributed by atoms with Crippen LogP contribution in [0.25, 0.3) is 0 Å². The molecule has 1 rings (SSSR count). The molecule has 0 spiro atoms. The highest BCUT2D eigenvalue weighted by molar-refractivity contribution is 5.75. The topological polar surface area (TPSA) is 59.0 Å². The smallest absolute Gasteiger partial charge is 0.225 e. The molecule has 0 bridgehead atoms. The van der Waals surface area contributed by atoms with Gasteiger partial charge in [0, 0.05) is 14.1 Å². The Kier molecular flexibility index (Phi) is 6.15. The monoisotopic (exact) mass is 267 g/mol. The maximum absolute atomic E-state index is 11.4. The van der Waals surface area contributed by atoms with Gasteiger partial charge in [0.05, 0.1) is 26.2 Å². The van der Waals surface area contributed by atoms with E-state index in [4.69, 9.17) is 14.6 Å². The second-order valence-electron chi connectivity index (χ2n) is 4.26. The molecule has 0 aliphatic rings. The van der Waals surface area contributed by atoms with Gasteiger partial charge >= 0.3 is 0 Å². The van der Waals surface area contributed by atoms with Crippen molar-refractivity contribution in [3.8, 4) is 11.5 Å². The number of rotatable bonds is 7. The zero-order valence-corrected chi connectivity index (χ0v) is 11.7. The normalized spacial score (nSPS) is 10.1. The standard InChI is InChI=1S/C14H21NO4/c1-4-18-13-9-11(10-16)5-6-12(13)19-8-7-14(17)15(2)3/h5-6,9,16H,4,7-8,10H2,1-3H3. The number of carbonyl (C=O) groups excluding carboxylic acids is 1. The van der Waals surface area contributed by atoms with E-state index in [2.05, 4.69) is 0 Å². The van der Waals surface area contributed by atoms with Crippen molar-refractivity contribution >= 4 is 5.91 Å². The summed E-state index contributed by atoms with van der Waals surface area (Å²) < 4.78 is 11.0. The summed E-state index contributed by atoms with van der Waals surface area (Å²) in [6, 6.07) is 5.26. The molecule has 106 valence electrons. The highest BCUT2D eigenvalue weighted by atomic mass is 16.5. The lowest BCUT2D eigenvalue weighted by Gasteiger charge is -2.14. The molecule has 0 atom stereocenters. The Morgan fingerprint density at radius 2 is 2.00 bits per heavy atom. The van der Waals surface area contributed by atoms with Crippen LogP contribution >= 0.6 is 0 Å². The molecule has 0 saturated carbocycles. The SMILES string of the molecule is CCOc1cc(CO)ccc1OCCC(=O)N(C)C. The fourth-order valence-corrected chi connectivity index (χ4v) is 1.51. The minimum Gasteiger partial charge on any atom is -0.490 e. The molecule has 0 fully saturated rings. The van der Waals surface area contributed by atoms with Crippen molar-refractivity contribution in [2.45, 2.75) is 20.0 Å². The number of amides is 1. The van der Waals surface area contributed by atoms with Crippen molar-refractivity contribution in [2.24, 2.45) is 0 Å². The molecule has 19 heavy (non-hydrogen) atoms. The third-order valence-electron chi connectivity index (χ3n) is 2.56. The molecule has 0 unspecified atom stereocenters. The molecule has 5 heteroatoms. The lowest BCUT2D eigenvalue weighted by Crippen LogP contribution is -2.23. The van der Waals surface area contributed by atoms with Gasteiger partial charge in [0.15, 0.2) is 11.5 Å². The van der Waals surface area contributed by atoms with Crippen LogP contribution in [-0.2, 0) is 11.4 Å². The Bertz CT molecular complexity index is 418. The summed E-state index contributed by atoms with van der Waals surface area (Å²) in [6.45, 7) is 2.65. The first-order valence-corrected chi connectivity index (χ1v) is 6.28. The Morgan fingerprint density at radius 1 is 1.26 bits per heavy atom. The number of aliphatic hydroxyl groups excluding tert-OH is 1. The van der Waals surface area contributed by atoms with Crippen molar-refractivity contribution in [1.82, 2.24) is 4.90 Å². The van der Waals surface area contributed by atoms with E-state index in [1.165, 1.54) is 4.90 Å². The number of aliphatic hydroxyl groups is 1. The highest BCUT2D eigenvalue weighted by Gasteiger charge is 2.08. The van der Waals surface area contributed by atoms with Crippen molar-refractivity contribution in [3.05, 3.63) is 23.8 Å². The van der Waals surface area contributed by atoms with E-state index in [9.17, 15) is 4.79 Å². The maximum atomic E-state index is 11.4. The molecule has 1 amide bonds. The van der Waals surface area contributed by atoms with Crippen LogP contribution in [0.2, 0.25) is 0 Å². The molecule has 0 saturated heterocycles. The third-order valence-corrected chi connectivity index (χ3v) is 2.56. The predicted octanol–water partition coefficient (Wildman–Crippen LogP) is 1.43. The molecule has 1 aromatic carbocycles. The molecular weight excluding hydrogens is 246 g/mol. The summed E-state index contributed by atoms with van der Waals surface area (Å²) in [7, 11) is 3.42. The number of benzene rings is 1. The van der Waals surface area contributed by atoms with Crippen LogP contribution < -0.4 is 9.47 Å². The van der Waals surface area contributed by atoms with Crippen LogP contribution in [0.15, 0.2) is 18.2 Å². The average molecular weight is 267 g/mol. The first-order chi connectivity index (χ1) is 9.08. The van der Waals surface area contributed by atoms with E-state index >= 15 is 0 Å². The second kappa shape index (κ2) is 7.63. The van der Waals surface area contributed by atoms with Gasteiger partial charge in [-0.25, -0.2) is 0 Å². The quantitative estimate of drug-likeness (QED) is 0.812. The van der Waals surface area contributed by atoms with Gasteiger partial charge in [-0.2, -0.15) is 0 Å². The van der Waals surface area contributed by atoms with Crippen LogP contribution in [0.4, 0.5) is 0 Å². The molecule has 5 nitrogen and oxygen atoms in total. The van der Waals surface area contributed by atoms with Gasteiger partial charge < -0.3 is 19.5 Å². The Labute approximate surface area is 113 Å². The Hall–Kier alpha value is -1.75. The van der Waals surface area contributed by atoms with Crippen LogP contribution in [0.3, 0.4) is 0 Å². The van der Waals surface area contributed by atoms with Crippen LogP contribution in [0.5, 0.6) is 11.5 Å². The number of carbonyl (C=O) groups is 1. The molecule has 1 N–H and O–H groups in total. The Balaban J connectivity index is 2.64. The van der Waals surface area contributed by atoms with Gasteiger partial charge in [-0.15, -0.1) is 0 Å². The van der Waals surface area contributed by atoms with Gasteiger partial charge in [0.1, 0.15) is 0 Å². The Morgan fingerprint density at radius 3 is 2.58 bits per heavy atom. The zero-order chi connectivity index (χ0) is 14.3. The molecule has 0 aliphatic carbocycles. The van der Waals surface area contributed by atoms with Gasteiger partial charge in [0.25, 0.3) is 0 Å². The molecule has 0 aliphatic heterocycles. The van der Waals surface area contributed by atoms with E-state index < -0.39 is 0 Å². The summed E-state index contributed by atoms with van der Waals surface area (Å²) in [5, 5.41) is 9.08. The lowest BCUT2D eigenvalue weighted by atomic mass is 10.2. The first-order valence-electron chi connectivity index (χ1n) is 6.28. The van der Waals surface area contributed by atoms with Crippen molar-refractivity contribution < 1.29 is 19.4 Å². The fourth-order valence-electron chi connectivity index (χ4n) is 1.51. The maximum Gasteiger partial charge on any atom is 0.225 e. The minimum absolute atomic E-state index is 0.0185. The fraction of sp³-hybridized carbons (Fsp3) is 0.500. The lowest BCUT2D eigenvalue weighted by molar-refractivity contribution is -0.129. The molecule has 0 aromatic heterocycles. The van der Waals surface area contributed by atoms with Crippen molar-refractivity contribution in [2.75, 3.05) is 27.3 Å². The summed E-state index contributed by atoms with van der Waals surface area (Å²) in [5.41, 5.74) is 0.764. The number of hydrogen-bond donors (Lipinski definition) is 1. The minimum atomic E-state index is -0.0422. The first kappa shape index (κ1) is 15.3. The van der Waals surface area contributed by atoms with Crippen LogP contribution in [0.1, 0.15) is 18.9 Å². The zero-order valence-electron chi connectivity index (χ0n) is 11.7. The van der Waals surface area contributed by atoms with Crippen LogP contribution in [-0.4, -0.2) is 43.2 Å². The largest absolute Gasteiger partial charge is 0.490 e. The van der Waals surface area contributed by atoms with Crippen molar-refractivity contribution in [1.29, 1.82) is 0 Å². The van der Waals surface area contributed by atoms with E-state index in [0.29, 0.717) is 31.1 Å². The van der Waals surface area contributed by atoms with Gasteiger partial charge in [0.2, 0.25) is 5.91 Å². The number of nitrogens with zero attached hydrogens (tertiary/aromatic N) is 1. The second-order valence-corrected chi connectivity index (χ2v) is 4.26. The van der Waals surface area contributed by atoms with Crippen molar-refractivity contribution in [3.63, 3.8) is 0 Å². The molecule has 0 radical (unpaired) electrons. The molecular formula is C14H21NO4. The third kappa shape index (κ3) is 4.79. The van der Waals surface area contributed by atoms with E-state index in [1.807, 2.05) is 6.92 Å². The molecule has 0 heterocycles. The van der Waals surface area contributed by atoms with Gasteiger partial charge in [-0.05, 0) is 24.6 Å². The number of hydrogen-bond acceptors (Lipinski definition) is 4. The van der Waals surface area contributed by atoms with Crippen LogP contribution in [0, 0.1) is 0 Å². The summed E-state index contributed by atoms with van der Waals surface area (Å²) >= 11 is 0. The summed E-state index contributed by atoms with van der Waals surface area (Å²) in [5.74, 6) is 1.20. The predicted molar refractivity (Wildman–Crippen MR) is 72.3 cm³/mol. The summed E-state index contributed by atoms with van der Waals surface area (Å²) in [4.78, 5) is 13.0.